The molecule has 220 valence electrons. The molecule has 0 aliphatic rings. The Hall–Kier alpha value is -4.88. The van der Waals surface area contributed by atoms with Crippen LogP contribution in [-0.2, 0) is 24.4 Å². The van der Waals surface area contributed by atoms with E-state index in [2.05, 4.69) is 9.88 Å². The van der Waals surface area contributed by atoms with E-state index in [1.165, 1.54) is 39.0 Å². The first-order chi connectivity index (χ1) is 18.2. The second kappa shape index (κ2) is 12.8. The van der Waals surface area contributed by atoms with Crippen LogP contribution in [-0.4, -0.2) is 53.1 Å². The summed E-state index contributed by atoms with van der Waals surface area (Å²) < 4.78 is 60.6. The average Bonchev–Trinajstić information content (AvgIpc) is 2.81. The summed E-state index contributed by atoms with van der Waals surface area (Å²) >= 11 is 0. The van der Waals surface area contributed by atoms with Gasteiger partial charge in [-0.1, -0.05) is 6.07 Å². The van der Waals surface area contributed by atoms with Crippen molar-refractivity contribution in [3.63, 3.8) is 0 Å². The number of aliphatic carboxylic acids is 1. The van der Waals surface area contributed by atoms with Gasteiger partial charge in [0.2, 0.25) is 11.9 Å². The predicted molar refractivity (Wildman–Crippen MR) is 132 cm³/mol. The number of alkyl halides is 3. The minimum Gasteiger partial charge on any atom is -0.475 e. The number of amides is 1. The maximum atomic E-state index is 13.1. The largest absolute Gasteiger partial charge is 0.490 e. The van der Waals surface area contributed by atoms with Crippen LogP contribution in [0, 0.1) is 24.0 Å². The van der Waals surface area contributed by atoms with E-state index in [9.17, 15) is 41.3 Å². The number of halogens is 3. The number of carbonyl (C=O) groups excluding carboxylic acids is 1. The Bertz CT molecular complexity index is 1490. The van der Waals surface area contributed by atoms with Crippen LogP contribution in [0.2, 0.25) is 0 Å². The molecule has 2 atom stereocenters. The van der Waals surface area contributed by atoms with Crippen molar-refractivity contribution in [2.75, 3.05) is 4.72 Å². The summed E-state index contributed by atoms with van der Waals surface area (Å²) in [7, 11) is -4.41. The standard InChI is InChI=1S/C18H23N7O7S.C2HF3O2/c1-9-4-6-12(25(28)29)8-14(9)33(30,31)23-13-7-5-10(2)24(17(13)27)15(16(19)26)11(3)32-22-18(20)21;3-2(4,5)1(6)7/h4-8,11,15,23H,1-3H3,(H2,19,26)(H4,20,21,22);(H,6,7). The number of hydrogen-bond acceptors (Lipinski definition) is 9. The van der Waals surface area contributed by atoms with Crippen LogP contribution < -0.4 is 27.5 Å². The zero-order valence-corrected chi connectivity index (χ0v) is 21.7. The van der Waals surface area contributed by atoms with Gasteiger partial charge in [-0.3, -0.25) is 29.0 Å². The summed E-state index contributed by atoms with van der Waals surface area (Å²) in [6.45, 7) is 4.32. The van der Waals surface area contributed by atoms with Crippen molar-refractivity contribution in [2.45, 2.75) is 44.0 Å². The molecule has 0 fully saturated rings. The third-order valence-corrected chi connectivity index (χ3v) is 6.33. The lowest BCUT2D eigenvalue weighted by Crippen LogP contribution is -2.42. The van der Waals surface area contributed by atoms with Gasteiger partial charge in [-0.25, -0.2) is 13.2 Å². The van der Waals surface area contributed by atoms with Crippen molar-refractivity contribution in [3.05, 3.63) is 62.1 Å². The number of carbonyl (C=O) groups is 2. The minimum absolute atomic E-state index is 0.217. The van der Waals surface area contributed by atoms with Crippen LogP contribution in [0.1, 0.15) is 24.2 Å². The third kappa shape index (κ3) is 8.58. The third-order valence-electron chi connectivity index (χ3n) is 4.82. The second-order valence-electron chi connectivity index (χ2n) is 7.85. The molecular weight excluding hydrogens is 571 g/mol. The highest BCUT2D eigenvalue weighted by Crippen LogP contribution is 2.24. The van der Waals surface area contributed by atoms with Crippen LogP contribution in [0.15, 0.2) is 45.2 Å². The molecular formula is C20H24F3N7O9S. The Morgan fingerprint density at radius 1 is 1.18 bits per heavy atom. The molecule has 1 aromatic heterocycles. The fourth-order valence-corrected chi connectivity index (χ4v) is 4.35. The van der Waals surface area contributed by atoms with E-state index in [1.807, 2.05) is 0 Å². The first kappa shape index (κ1) is 33.1. The number of carboxylic acids is 1. The number of pyridine rings is 1. The van der Waals surface area contributed by atoms with Gasteiger partial charge in [-0.05, 0) is 43.6 Å². The SMILES string of the molecule is Cc1ccc([N+](=O)[O-])cc1S(=O)(=O)Nc1ccc(C)n(C(C(N)=O)C(C)ON=C(N)N)c1=O.O=C(O)C(F)(F)F. The Balaban J connectivity index is 0.00000101. The molecule has 0 aliphatic heterocycles. The smallest absolute Gasteiger partial charge is 0.475 e. The number of aromatic nitrogens is 1. The van der Waals surface area contributed by atoms with Gasteiger partial charge in [-0.15, -0.1) is 0 Å². The molecule has 2 aromatic rings. The van der Waals surface area contributed by atoms with E-state index in [0.717, 1.165) is 16.7 Å². The van der Waals surface area contributed by atoms with Gasteiger partial charge in [0.15, 0.2) is 12.1 Å². The Morgan fingerprint density at radius 3 is 2.17 bits per heavy atom. The van der Waals surface area contributed by atoms with Gasteiger partial charge < -0.3 is 27.1 Å². The molecule has 0 saturated heterocycles. The van der Waals surface area contributed by atoms with Crippen molar-refractivity contribution in [1.29, 1.82) is 0 Å². The molecule has 0 aliphatic carbocycles. The van der Waals surface area contributed by atoms with E-state index in [-0.39, 0.29) is 16.2 Å². The first-order valence-corrected chi connectivity index (χ1v) is 12.0. The van der Waals surface area contributed by atoms with Crippen molar-refractivity contribution in [1.82, 2.24) is 4.57 Å². The Labute approximate surface area is 223 Å². The number of carboxylic acid groups (broad SMARTS) is 1. The van der Waals surface area contributed by atoms with Crippen molar-refractivity contribution in [2.24, 2.45) is 22.4 Å². The van der Waals surface area contributed by atoms with Gasteiger partial charge >= 0.3 is 12.1 Å². The molecule has 2 rings (SSSR count). The number of benzene rings is 1. The zero-order chi connectivity index (χ0) is 31.2. The predicted octanol–water partition coefficient (Wildman–Crippen LogP) is 0.427. The van der Waals surface area contributed by atoms with Gasteiger partial charge in [0.05, 0.1) is 9.82 Å². The molecule has 8 N–H and O–H groups in total. The number of nitrogens with one attached hydrogen (secondary N) is 1. The number of aryl methyl sites for hydroxylation is 2. The second-order valence-corrected chi connectivity index (χ2v) is 9.50. The first-order valence-electron chi connectivity index (χ1n) is 10.5. The fourth-order valence-electron chi connectivity index (χ4n) is 3.03. The van der Waals surface area contributed by atoms with E-state index >= 15 is 0 Å². The van der Waals surface area contributed by atoms with Crippen LogP contribution in [0.5, 0.6) is 0 Å². The maximum Gasteiger partial charge on any atom is 0.490 e. The molecule has 2 unspecified atom stereocenters. The molecule has 1 aromatic carbocycles. The Morgan fingerprint density at radius 2 is 1.73 bits per heavy atom. The molecule has 0 bridgehead atoms. The highest BCUT2D eigenvalue weighted by molar-refractivity contribution is 7.92. The van der Waals surface area contributed by atoms with Crippen LogP contribution in [0.25, 0.3) is 0 Å². The molecule has 0 radical (unpaired) electrons. The molecule has 0 spiro atoms. The summed E-state index contributed by atoms with van der Waals surface area (Å²) in [5.74, 6) is -4.15. The average molecular weight is 596 g/mol. The number of primary amides is 1. The van der Waals surface area contributed by atoms with Crippen LogP contribution >= 0.6 is 0 Å². The number of oxime groups is 1. The van der Waals surface area contributed by atoms with Gasteiger partial charge in [0.1, 0.15) is 5.69 Å². The monoisotopic (exact) mass is 595 g/mol. The summed E-state index contributed by atoms with van der Waals surface area (Å²) in [5.41, 5.74) is 14.6. The van der Waals surface area contributed by atoms with Crippen LogP contribution in [0.4, 0.5) is 24.5 Å². The summed E-state index contributed by atoms with van der Waals surface area (Å²) in [5, 5.41) is 21.5. The number of sulfonamides is 1. The van der Waals surface area contributed by atoms with Gasteiger partial charge in [0.25, 0.3) is 21.3 Å². The number of guanidine groups is 1. The number of nitro groups is 1. The fraction of sp³-hybridized carbons (Fsp3) is 0.300. The minimum atomic E-state index is -5.08. The number of nitrogens with two attached hydrogens (primary N) is 3. The van der Waals surface area contributed by atoms with Crippen molar-refractivity contribution < 1.29 is 46.0 Å². The van der Waals surface area contributed by atoms with E-state index in [4.69, 9.17) is 31.9 Å². The lowest BCUT2D eigenvalue weighted by atomic mass is 10.1. The summed E-state index contributed by atoms with van der Waals surface area (Å²) in [4.78, 5) is 49.1. The molecule has 1 heterocycles. The number of rotatable bonds is 9. The lowest BCUT2D eigenvalue weighted by Gasteiger charge is -2.24. The Kier molecular flexibility index (Phi) is 10.6. The maximum absolute atomic E-state index is 13.1. The number of anilines is 1. The van der Waals surface area contributed by atoms with E-state index < -0.39 is 68.0 Å². The number of non-ortho nitro benzene ring substituents is 1. The van der Waals surface area contributed by atoms with Crippen molar-refractivity contribution in [3.8, 4) is 0 Å². The highest BCUT2D eigenvalue weighted by Gasteiger charge is 2.38. The highest BCUT2D eigenvalue weighted by atomic mass is 32.2. The van der Waals surface area contributed by atoms with Crippen molar-refractivity contribution >= 4 is 39.2 Å². The van der Waals surface area contributed by atoms with Crippen LogP contribution in [0.3, 0.4) is 0 Å². The quantitative estimate of drug-likeness (QED) is 0.115. The van der Waals surface area contributed by atoms with Gasteiger partial charge in [0, 0.05) is 17.8 Å². The topological polar surface area (TPSA) is 265 Å². The normalized spacial score (nSPS) is 12.7. The molecule has 16 nitrogen and oxygen atoms in total. The zero-order valence-electron chi connectivity index (χ0n) is 20.9. The van der Waals surface area contributed by atoms with Gasteiger partial charge in [-0.2, -0.15) is 13.2 Å². The number of hydrogen-bond donors (Lipinski definition) is 5. The van der Waals surface area contributed by atoms with E-state index in [1.54, 1.807) is 0 Å². The number of nitro benzene ring substituents is 1. The molecule has 0 saturated carbocycles. The van der Waals surface area contributed by atoms with E-state index in [0.29, 0.717) is 0 Å². The summed E-state index contributed by atoms with van der Waals surface area (Å²) in [6.07, 6.45) is -6.19. The lowest BCUT2D eigenvalue weighted by molar-refractivity contribution is -0.385. The molecule has 40 heavy (non-hydrogen) atoms. The molecule has 1 amide bonds. The number of nitrogens with zero attached hydrogens (tertiary/aromatic N) is 3. The summed E-state index contributed by atoms with van der Waals surface area (Å²) in [6, 6.07) is 4.47. The molecule has 20 heteroatoms.